The van der Waals surface area contributed by atoms with Crippen molar-refractivity contribution >= 4 is 0 Å². The molecule has 2 N–H and O–H groups in total. The summed E-state index contributed by atoms with van der Waals surface area (Å²) < 4.78 is 10.6. The maximum Gasteiger partial charge on any atom is 0.105 e. The fourth-order valence-electron chi connectivity index (χ4n) is 1.71. The third kappa shape index (κ3) is 3.14. The average Bonchev–Trinajstić information content (AvgIpc) is 2.55. The van der Waals surface area contributed by atoms with Gasteiger partial charge in [0, 0.05) is 32.7 Å². The van der Waals surface area contributed by atoms with Gasteiger partial charge in [-0.15, -0.1) is 0 Å². The van der Waals surface area contributed by atoms with Gasteiger partial charge in [0.1, 0.15) is 5.60 Å². The Morgan fingerprint density at radius 2 is 2.27 bits per heavy atom. The van der Waals surface area contributed by atoms with E-state index in [4.69, 9.17) is 9.47 Å². The Balaban J connectivity index is 2.35. The lowest BCUT2D eigenvalue weighted by Crippen LogP contribution is -2.50. The lowest BCUT2D eigenvalue weighted by molar-refractivity contribution is -0.0308. The van der Waals surface area contributed by atoms with Crippen LogP contribution in [0, 0.1) is 0 Å². The first-order chi connectivity index (χ1) is 6.99. The van der Waals surface area contributed by atoms with Crippen LogP contribution in [0.5, 0.6) is 0 Å². The van der Waals surface area contributed by atoms with Gasteiger partial charge in [-0.05, 0) is 20.8 Å². The van der Waals surface area contributed by atoms with Crippen LogP contribution in [0.4, 0.5) is 0 Å². The summed E-state index contributed by atoms with van der Waals surface area (Å²) in [6, 6.07) is 0.229. The first-order valence-corrected chi connectivity index (χ1v) is 5.60. The second-order valence-electron chi connectivity index (χ2n) is 4.48. The van der Waals surface area contributed by atoms with Crippen LogP contribution in [-0.4, -0.2) is 49.2 Å². The molecule has 0 amide bonds. The molecule has 0 saturated carbocycles. The molecular weight excluding hydrogens is 194 g/mol. The topological polar surface area (TPSA) is 50.7 Å². The Bertz CT molecular complexity index is 200. The highest BCUT2D eigenvalue weighted by Crippen LogP contribution is 2.24. The number of aliphatic hydroxyl groups is 1. The Morgan fingerprint density at radius 3 is 2.73 bits per heavy atom. The molecule has 1 rings (SSSR count). The predicted molar refractivity (Wildman–Crippen MR) is 58.9 cm³/mol. The van der Waals surface area contributed by atoms with Crippen molar-refractivity contribution in [2.45, 2.75) is 51.0 Å². The van der Waals surface area contributed by atoms with Crippen molar-refractivity contribution in [1.29, 1.82) is 0 Å². The number of ether oxygens (including phenoxy) is 2. The molecule has 0 aliphatic carbocycles. The molecule has 1 saturated heterocycles. The standard InChI is InChI=1S/C11H23NO3/c1-8(9(2)14-4)12-7-11(13)5-6-15-10(11)3/h8-10,12-13H,5-7H2,1-4H3. The van der Waals surface area contributed by atoms with Crippen molar-refractivity contribution in [3.63, 3.8) is 0 Å². The highest BCUT2D eigenvalue weighted by atomic mass is 16.5. The van der Waals surface area contributed by atoms with E-state index in [9.17, 15) is 5.11 Å². The van der Waals surface area contributed by atoms with Crippen LogP contribution in [0.2, 0.25) is 0 Å². The smallest absolute Gasteiger partial charge is 0.105 e. The van der Waals surface area contributed by atoms with Crippen LogP contribution >= 0.6 is 0 Å². The molecule has 4 heteroatoms. The first-order valence-electron chi connectivity index (χ1n) is 5.60. The summed E-state index contributed by atoms with van der Waals surface area (Å²) in [7, 11) is 1.69. The van der Waals surface area contributed by atoms with E-state index in [2.05, 4.69) is 12.2 Å². The zero-order valence-electron chi connectivity index (χ0n) is 10.1. The zero-order valence-corrected chi connectivity index (χ0v) is 10.1. The largest absolute Gasteiger partial charge is 0.386 e. The monoisotopic (exact) mass is 217 g/mol. The second-order valence-corrected chi connectivity index (χ2v) is 4.48. The molecule has 4 nitrogen and oxygen atoms in total. The van der Waals surface area contributed by atoms with E-state index in [1.54, 1.807) is 7.11 Å². The summed E-state index contributed by atoms with van der Waals surface area (Å²) in [5, 5.41) is 13.5. The minimum atomic E-state index is -0.721. The highest BCUT2D eigenvalue weighted by molar-refractivity contribution is 4.92. The van der Waals surface area contributed by atoms with E-state index in [1.807, 2.05) is 13.8 Å². The molecule has 0 aromatic rings. The number of rotatable bonds is 5. The van der Waals surface area contributed by atoms with Gasteiger partial charge in [-0.25, -0.2) is 0 Å². The Hall–Kier alpha value is -0.160. The molecular formula is C11H23NO3. The van der Waals surface area contributed by atoms with E-state index >= 15 is 0 Å². The van der Waals surface area contributed by atoms with Gasteiger partial charge in [-0.2, -0.15) is 0 Å². The van der Waals surface area contributed by atoms with Crippen molar-refractivity contribution in [3.8, 4) is 0 Å². The summed E-state index contributed by atoms with van der Waals surface area (Å²) in [6.45, 7) is 7.18. The van der Waals surface area contributed by atoms with E-state index in [1.165, 1.54) is 0 Å². The van der Waals surface area contributed by atoms with Crippen molar-refractivity contribution in [3.05, 3.63) is 0 Å². The predicted octanol–water partition coefficient (Wildman–Crippen LogP) is 0.539. The molecule has 90 valence electrons. The Morgan fingerprint density at radius 1 is 1.60 bits per heavy atom. The summed E-state index contributed by atoms with van der Waals surface area (Å²) in [5.41, 5.74) is -0.721. The van der Waals surface area contributed by atoms with Crippen LogP contribution in [0.15, 0.2) is 0 Å². The maximum atomic E-state index is 10.2. The SMILES string of the molecule is COC(C)C(C)NCC1(O)CCOC1C. The third-order valence-electron chi connectivity index (χ3n) is 3.47. The molecule has 0 spiro atoms. The lowest BCUT2D eigenvalue weighted by atomic mass is 9.96. The number of nitrogens with one attached hydrogen (secondary N) is 1. The number of hydrogen-bond acceptors (Lipinski definition) is 4. The fraction of sp³-hybridized carbons (Fsp3) is 1.00. The third-order valence-corrected chi connectivity index (χ3v) is 3.47. The zero-order chi connectivity index (χ0) is 11.5. The highest BCUT2D eigenvalue weighted by Gasteiger charge is 2.39. The van der Waals surface area contributed by atoms with Crippen molar-refractivity contribution in [1.82, 2.24) is 5.32 Å². The van der Waals surface area contributed by atoms with Crippen molar-refractivity contribution in [2.75, 3.05) is 20.3 Å². The van der Waals surface area contributed by atoms with Gasteiger partial charge in [0.25, 0.3) is 0 Å². The second kappa shape index (κ2) is 5.25. The average molecular weight is 217 g/mol. The van der Waals surface area contributed by atoms with Gasteiger partial charge >= 0.3 is 0 Å². The van der Waals surface area contributed by atoms with Gasteiger partial charge in [0.05, 0.1) is 12.2 Å². The molecule has 0 radical (unpaired) electrons. The van der Waals surface area contributed by atoms with Crippen LogP contribution in [0.1, 0.15) is 27.2 Å². The molecule has 4 atom stereocenters. The lowest BCUT2D eigenvalue weighted by Gasteiger charge is -2.29. The quantitative estimate of drug-likeness (QED) is 0.705. The summed E-state index contributed by atoms with van der Waals surface area (Å²) in [5.74, 6) is 0. The summed E-state index contributed by atoms with van der Waals surface area (Å²) >= 11 is 0. The van der Waals surface area contributed by atoms with Gasteiger partial charge < -0.3 is 19.9 Å². The first kappa shape index (κ1) is 12.9. The molecule has 0 aromatic heterocycles. The van der Waals surface area contributed by atoms with E-state index in [0.717, 1.165) is 0 Å². The normalized spacial score (nSPS) is 35.4. The molecule has 4 unspecified atom stereocenters. The van der Waals surface area contributed by atoms with Crippen LogP contribution < -0.4 is 5.32 Å². The molecule has 0 bridgehead atoms. The Labute approximate surface area is 92.0 Å². The van der Waals surface area contributed by atoms with Crippen LogP contribution in [-0.2, 0) is 9.47 Å². The van der Waals surface area contributed by atoms with Crippen molar-refractivity contribution in [2.24, 2.45) is 0 Å². The van der Waals surface area contributed by atoms with Gasteiger partial charge in [-0.3, -0.25) is 0 Å². The molecule has 1 fully saturated rings. The van der Waals surface area contributed by atoms with Crippen molar-refractivity contribution < 1.29 is 14.6 Å². The van der Waals surface area contributed by atoms with E-state index < -0.39 is 5.60 Å². The number of methoxy groups -OCH3 is 1. The van der Waals surface area contributed by atoms with Gasteiger partial charge in [0.2, 0.25) is 0 Å². The Kier molecular flexibility index (Phi) is 4.52. The molecule has 1 heterocycles. The van der Waals surface area contributed by atoms with Crippen LogP contribution in [0.25, 0.3) is 0 Å². The van der Waals surface area contributed by atoms with E-state index in [0.29, 0.717) is 19.6 Å². The van der Waals surface area contributed by atoms with Gasteiger partial charge in [0.15, 0.2) is 0 Å². The van der Waals surface area contributed by atoms with Crippen LogP contribution in [0.3, 0.4) is 0 Å². The molecule has 15 heavy (non-hydrogen) atoms. The summed E-state index contributed by atoms with van der Waals surface area (Å²) in [6.07, 6.45) is 0.760. The molecule has 1 aliphatic rings. The maximum absolute atomic E-state index is 10.2. The molecule has 0 aromatic carbocycles. The van der Waals surface area contributed by atoms with E-state index in [-0.39, 0.29) is 18.2 Å². The number of hydrogen-bond donors (Lipinski definition) is 2. The molecule has 1 aliphatic heterocycles. The summed E-state index contributed by atoms with van der Waals surface area (Å²) in [4.78, 5) is 0. The minimum absolute atomic E-state index is 0.0879. The van der Waals surface area contributed by atoms with Gasteiger partial charge in [-0.1, -0.05) is 0 Å². The fourth-order valence-corrected chi connectivity index (χ4v) is 1.71. The minimum Gasteiger partial charge on any atom is -0.386 e.